The lowest BCUT2D eigenvalue weighted by molar-refractivity contribution is -0.130. The van der Waals surface area contributed by atoms with E-state index in [1.807, 2.05) is 12.4 Å². The van der Waals surface area contributed by atoms with Gasteiger partial charge < -0.3 is 15.0 Å². The van der Waals surface area contributed by atoms with Crippen molar-refractivity contribution in [2.45, 2.75) is 51.7 Å². The summed E-state index contributed by atoms with van der Waals surface area (Å²) in [6.45, 7) is 10.3. The third-order valence-corrected chi connectivity index (χ3v) is 7.56. The number of rotatable bonds is 3. The second-order valence-corrected chi connectivity index (χ2v) is 9.67. The summed E-state index contributed by atoms with van der Waals surface area (Å²) in [7, 11) is 0. The first-order chi connectivity index (χ1) is 15.7. The van der Waals surface area contributed by atoms with Gasteiger partial charge in [0.2, 0.25) is 0 Å². The van der Waals surface area contributed by atoms with Crippen LogP contribution in [0.3, 0.4) is 0 Å². The maximum Gasteiger partial charge on any atom is 0.137 e. The second kappa shape index (κ2) is 8.27. The van der Waals surface area contributed by atoms with Crippen molar-refractivity contribution in [2.75, 3.05) is 32.8 Å². The Labute approximate surface area is 189 Å². The Balaban J connectivity index is 1.40. The lowest BCUT2D eigenvalue weighted by Gasteiger charge is -2.44. The summed E-state index contributed by atoms with van der Waals surface area (Å²) in [5.74, 6) is 0. The summed E-state index contributed by atoms with van der Waals surface area (Å²) in [6.07, 6.45) is 7.63. The van der Waals surface area contributed by atoms with Crippen molar-refractivity contribution in [1.82, 2.24) is 25.3 Å². The van der Waals surface area contributed by atoms with Gasteiger partial charge in [-0.2, -0.15) is 0 Å². The molecule has 0 saturated carbocycles. The Morgan fingerprint density at radius 3 is 2.94 bits per heavy atom. The Hall–Kier alpha value is -2.25. The number of morpholine rings is 1. The Kier molecular flexibility index (Phi) is 5.26. The van der Waals surface area contributed by atoms with Crippen molar-refractivity contribution in [3.63, 3.8) is 0 Å². The molecule has 0 unspecified atom stereocenters. The van der Waals surface area contributed by atoms with Crippen LogP contribution in [-0.4, -0.2) is 58.9 Å². The molecule has 2 fully saturated rings. The van der Waals surface area contributed by atoms with Crippen LogP contribution in [0, 0.1) is 6.92 Å². The quantitative estimate of drug-likeness (QED) is 0.658. The van der Waals surface area contributed by atoms with Gasteiger partial charge in [0.1, 0.15) is 5.65 Å². The van der Waals surface area contributed by atoms with Crippen LogP contribution in [-0.2, 0) is 17.7 Å². The van der Waals surface area contributed by atoms with Crippen molar-refractivity contribution >= 4 is 11.0 Å². The fraction of sp³-hybridized carbons (Fsp3) is 0.500. The molecule has 0 radical (unpaired) electrons. The molecular formula is C26H33N5O. The second-order valence-electron chi connectivity index (χ2n) is 9.67. The minimum absolute atomic E-state index is 0.444. The van der Waals surface area contributed by atoms with E-state index in [-0.39, 0.29) is 0 Å². The molecule has 2 saturated heterocycles. The van der Waals surface area contributed by atoms with Gasteiger partial charge >= 0.3 is 0 Å². The number of pyridine rings is 1. The number of aromatic amines is 1. The molecule has 3 aliphatic rings. The molecule has 168 valence electrons. The molecule has 2 aromatic heterocycles. The van der Waals surface area contributed by atoms with E-state index in [9.17, 15) is 0 Å². The number of nitrogens with one attached hydrogen (secondary N) is 2. The molecule has 2 atom stereocenters. The van der Waals surface area contributed by atoms with Crippen LogP contribution >= 0.6 is 0 Å². The number of hydrogen-bond donors (Lipinski definition) is 2. The van der Waals surface area contributed by atoms with Crippen LogP contribution in [0.4, 0.5) is 0 Å². The minimum atomic E-state index is 0.444. The number of hydrogen-bond acceptors (Lipinski definition) is 5. The largest absolute Gasteiger partial charge is 0.378 e. The topological polar surface area (TPSA) is 56.4 Å². The van der Waals surface area contributed by atoms with Gasteiger partial charge in [-0.1, -0.05) is 6.07 Å². The number of nitrogens with zero attached hydrogens (tertiary/aromatic N) is 3. The van der Waals surface area contributed by atoms with E-state index >= 15 is 0 Å². The van der Waals surface area contributed by atoms with E-state index in [1.54, 1.807) is 0 Å². The highest BCUT2D eigenvalue weighted by molar-refractivity contribution is 5.84. The zero-order valence-electron chi connectivity index (χ0n) is 19.2. The Morgan fingerprint density at radius 1 is 1.16 bits per heavy atom. The van der Waals surface area contributed by atoms with Crippen LogP contribution in [0.5, 0.6) is 0 Å². The maximum absolute atomic E-state index is 5.69. The molecule has 0 amide bonds. The van der Waals surface area contributed by atoms with Gasteiger partial charge in [0.05, 0.1) is 13.2 Å². The van der Waals surface area contributed by atoms with E-state index in [0.717, 1.165) is 51.5 Å². The number of aryl methyl sites for hydroxylation is 1. The molecule has 3 aromatic rings. The SMILES string of the molecule is Cc1c[nH]c2ncc(-c3cc4c(c([C@@H]5CCCN5)c3)CN(N3CCOC[C@H]3C)CC4)cc12. The average molecular weight is 432 g/mol. The fourth-order valence-corrected chi connectivity index (χ4v) is 5.76. The van der Waals surface area contributed by atoms with E-state index in [4.69, 9.17) is 9.72 Å². The summed E-state index contributed by atoms with van der Waals surface area (Å²) in [5.41, 5.74) is 9.27. The van der Waals surface area contributed by atoms with E-state index in [1.165, 1.54) is 51.6 Å². The van der Waals surface area contributed by atoms with Gasteiger partial charge in [0.15, 0.2) is 0 Å². The van der Waals surface area contributed by atoms with E-state index < -0.39 is 0 Å². The highest BCUT2D eigenvalue weighted by Crippen LogP contribution is 2.36. The lowest BCUT2D eigenvalue weighted by Crippen LogP contribution is -2.55. The monoisotopic (exact) mass is 431 g/mol. The molecule has 1 aromatic carbocycles. The van der Waals surface area contributed by atoms with Gasteiger partial charge in [0.25, 0.3) is 0 Å². The maximum atomic E-state index is 5.69. The third kappa shape index (κ3) is 3.55. The van der Waals surface area contributed by atoms with Gasteiger partial charge in [-0.25, -0.2) is 15.0 Å². The summed E-state index contributed by atoms with van der Waals surface area (Å²) in [6, 6.07) is 8.07. The molecule has 0 bridgehead atoms. The third-order valence-electron chi connectivity index (χ3n) is 7.56. The summed E-state index contributed by atoms with van der Waals surface area (Å²) in [4.78, 5) is 7.97. The molecule has 0 aliphatic carbocycles. The molecule has 6 nitrogen and oxygen atoms in total. The zero-order chi connectivity index (χ0) is 21.7. The molecule has 3 aliphatic heterocycles. The predicted octanol–water partition coefficient (Wildman–Crippen LogP) is 3.96. The van der Waals surface area contributed by atoms with Gasteiger partial charge in [0, 0.05) is 55.1 Å². The van der Waals surface area contributed by atoms with E-state index in [2.05, 4.69) is 52.4 Å². The number of benzene rings is 1. The van der Waals surface area contributed by atoms with Crippen molar-refractivity contribution in [3.8, 4) is 11.1 Å². The lowest BCUT2D eigenvalue weighted by atomic mass is 9.87. The summed E-state index contributed by atoms with van der Waals surface area (Å²) in [5, 5.41) is 10.1. The Bertz CT molecular complexity index is 1130. The first-order valence-corrected chi connectivity index (χ1v) is 12.1. The van der Waals surface area contributed by atoms with Crippen molar-refractivity contribution in [3.05, 3.63) is 52.8 Å². The highest BCUT2D eigenvalue weighted by atomic mass is 16.5. The Morgan fingerprint density at radius 2 is 2.09 bits per heavy atom. The fourth-order valence-electron chi connectivity index (χ4n) is 5.76. The molecule has 6 rings (SSSR count). The molecule has 2 N–H and O–H groups in total. The summed E-state index contributed by atoms with van der Waals surface area (Å²) >= 11 is 0. The normalized spacial score (nSPS) is 24.8. The molecular weight excluding hydrogens is 398 g/mol. The first-order valence-electron chi connectivity index (χ1n) is 12.1. The summed E-state index contributed by atoms with van der Waals surface area (Å²) < 4.78 is 5.69. The number of ether oxygens (including phenoxy) is 1. The van der Waals surface area contributed by atoms with Crippen LogP contribution in [0.25, 0.3) is 22.2 Å². The smallest absolute Gasteiger partial charge is 0.137 e. The number of aromatic nitrogens is 2. The molecule has 5 heterocycles. The number of hydrazine groups is 1. The van der Waals surface area contributed by atoms with Crippen LogP contribution in [0.15, 0.2) is 30.6 Å². The van der Waals surface area contributed by atoms with Crippen molar-refractivity contribution < 1.29 is 4.74 Å². The van der Waals surface area contributed by atoms with Gasteiger partial charge in [-0.3, -0.25) is 0 Å². The van der Waals surface area contributed by atoms with Crippen molar-refractivity contribution in [2.24, 2.45) is 0 Å². The first kappa shape index (κ1) is 20.4. The number of H-pyrrole nitrogens is 1. The molecule has 32 heavy (non-hydrogen) atoms. The highest BCUT2D eigenvalue weighted by Gasteiger charge is 2.31. The molecule has 0 spiro atoms. The standard InChI is InChI=1S/C26H33N5O/c1-17-13-28-26-22(17)12-21(14-29-26)20-10-19-5-7-30(31-8-9-32-16-18(31)2)15-24(19)23(11-20)25-4-3-6-27-25/h10-14,18,25,27H,3-9,15-16H2,1-2H3,(H,28,29)/t18-,25+/m1/s1. The van der Waals surface area contributed by atoms with Gasteiger partial charge in [-0.05, 0) is 79.6 Å². The predicted molar refractivity (Wildman–Crippen MR) is 127 cm³/mol. The van der Waals surface area contributed by atoms with Crippen LogP contribution in [0.1, 0.15) is 48.1 Å². The van der Waals surface area contributed by atoms with Crippen molar-refractivity contribution in [1.29, 1.82) is 0 Å². The van der Waals surface area contributed by atoms with Gasteiger partial charge in [-0.15, -0.1) is 0 Å². The number of fused-ring (bicyclic) bond motifs is 2. The minimum Gasteiger partial charge on any atom is -0.378 e. The average Bonchev–Trinajstić information content (AvgIpc) is 3.48. The van der Waals surface area contributed by atoms with Crippen LogP contribution < -0.4 is 5.32 Å². The zero-order valence-corrected chi connectivity index (χ0v) is 19.2. The van der Waals surface area contributed by atoms with Crippen LogP contribution in [0.2, 0.25) is 0 Å². The molecule has 6 heteroatoms. The van der Waals surface area contributed by atoms with E-state index in [0.29, 0.717) is 12.1 Å².